The van der Waals surface area contributed by atoms with Crippen molar-refractivity contribution in [1.29, 1.82) is 0 Å². The number of hydrogen-bond donors (Lipinski definition) is 3. The quantitative estimate of drug-likeness (QED) is 0.807. The molecule has 0 aliphatic rings. The van der Waals surface area contributed by atoms with Crippen LogP contribution in [0.3, 0.4) is 0 Å². The van der Waals surface area contributed by atoms with E-state index in [4.69, 9.17) is 0 Å². The van der Waals surface area contributed by atoms with E-state index in [0.29, 0.717) is 24.2 Å². The minimum atomic E-state index is -0.228. The summed E-state index contributed by atoms with van der Waals surface area (Å²) in [5.74, 6) is 0.611. The first-order chi connectivity index (χ1) is 9.85. The fourth-order valence-corrected chi connectivity index (χ4v) is 2.10. The van der Waals surface area contributed by atoms with Gasteiger partial charge in [-0.05, 0) is 38.3 Å². The molecule has 2 aromatic rings. The first-order valence-electron chi connectivity index (χ1n) is 7.02. The summed E-state index contributed by atoms with van der Waals surface area (Å²) in [4.78, 5) is 26.4. The molecule has 21 heavy (non-hydrogen) atoms. The maximum absolute atomic E-state index is 11.9. The minimum Gasteiger partial charge on any atom is -0.371 e. The van der Waals surface area contributed by atoms with E-state index in [0.717, 1.165) is 5.39 Å². The van der Waals surface area contributed by atoms with Gasteiger partial charge in [0, 0.05) is 23.9 Å². The SMILES string of the molecule is CC(C)(C)NC(=O)CCNc1cc2ccccc2c(=O)[nH]1. The van der Waals surface area contributed by atoms with E-state index < -0.39 is 0 Å². The van der Waals surface area contributed by atoms with Crippen LogP contribution >= 0.6 is 0 Å². The molecule has 0 unspecified atom stereocenters. The van der Waals surface area contributed by atoms with Gasteiger partial charge in [0.05, 0.1) is 0 Å². The van der Waals surface area contributed by atoms with E-state index in [1.165, 1.54) is 0 Å². The first-order valence-corrected chi connectivity index (χ1v) is 7.02. The number of carbonyl (C=O) groups excluding carboxylic acids is 1. The molecule has 0 radical (unpaired) electrons. The van der Waals surface area contributed by atoms with Gasteiger partial charge in [0.15, 0.2) is 0 Å². The second-order valence-electron chi connectivity index (χ2n) is 6.07. The molecule has 0 aliphatic carbocycles. The highest BCUT2D eigenvalue weighted by molar-refractivity contribution is 5.83. The zero-order valence-electron chi connectivity index (χ0n) is 12.6. The van der Waals surface area contributed by atoms with Gasteiger partial charge in [0.25, 0.3) is 5.56 Å². The second kappa shape index (κ2) is 5.99. The van der Waals surface area contributed by atoms with Crippen molar-refractivity contribution in [3.8, 4) is 0 Å². The predicted octanol–water partition coefficient (Wildman–Crippen LogP) is 2.24. The van der Waals surface area contributed by atoms with Crippen LogP contribution in [0, 0.1) is 0 Å². The topological polar surface area (TPSA) is 74.0 Å². The van der Waals surface area contributed by atoms with Crippen molar-refractivity contribution >= 4 is 22.5 Å². The summed E-state index contributed by atoms with van der Waals surface area (Å²) in [7, 11) is 0. The number of anilines is 1. The Balaban J connectivity index is 1.98. The molecule has 0 atom stereocenters. The van der Waals surface area contributed by atoms with Crippen LogP contribution in [0.15, 0.2) is 35.1 Å². The number of aromatic amines is 1. The molecule has 112 valence electrons. The van der Waals surface area contributed by atoms with Crippen LogP contribution in [0.2, 0.25) is 0 Å². The summed E-state index contributed by atoms with van der Waals surface area (Å²) in [5, 5.41) is 7.51. The minimum absolute atomic E-state index is 0.0156. The van der Waals surface area contributed by atoms with Crippen molar-refractivity contribution in [2.24, 2.45) is 0 Å². The van der Waals surface area contributed by atoms with Gasteiger partial charge in [0.2, 0.25) is 5.91 Å². The summed E-state index contributed by atoms with van der Waals surface area (Å²) in [6.45, 7) is 6.30. The second-order valence-corrected chi connectivity index (χ2v) is 6.07. The number of hydrogen-bond acceptors (Lipinski definition) is 3. The highest BCUT2D eigenvalue weighted by atomic mass is 16.1. The Bertz CT molecular complexity index is 698. The predicted molar refractivity (Wildman–Crippen MR) is 85.6 cm³/mol. The van der Waals surface area contributed by atoms with E-state index >= 15 is 0 Å². The fraction of sp³-hybridized carbons (Fsp3) is 0.375. The Morgan fingerprint density at radius 1 is 1.24 bits per heavy atom. The van der Waals surface area contributed by atoms with Crippen LogP contribution in [-0.2, 0) is 4.79 Å². The third-order valence-corrected chi connectivity index (χ3v) is 2.94. The van der Waals surface area contributed by atoms with Crippen molar-refractivity contribution < 1.29 is 4.79 Å². The maximum atomic E-state index is 11.9. The molecule has 0 spiro atoms. The lowest BCUT2D eigenvalue weighted by Gasteiger charge is -2.20. The molecule has 2 rings (SSSR count). The molecule has 3 N–H and O–H groups in total. The van der Waals surface area contributed by atoms with Crippen molar-refractivity contribution in [2.45, 2.75) is 32.7 Å². The summed E-state index contributed by atoms with van der Waals surface area (Å²) in [6.07, 6.45) is 0.353. The summed E-state index contributed by atoms with van der Waals surface area (Å²) < 4.78 is 0. The van der Waals surface area contributed by atoms with Gasteiger partial charge in [-0.25, -0.2) is 0 Å². The number of benzene rings is 1. The van der Waals surface area contributed by atoms with E-state index in [-0.39, 0.29) is 17.0 Å². The van der Waals surface area contributed by atoms with Crippen molar-refractivity contribution in [3.63, 3.8) is 0 Å². The lowest BCUT2D eigenvalue weighted by molar-refractivity contribution is -0.122. The van der Waals surface area contributed by atoms with Gasteiger partial charge >= 0.3 is 0 Å². The normalized spacial score (nSPS) is 11.4. The van der Waals surface area contributed by atoms with Gasteiger partial charge < -0.3 is 15.6 Å². The number of carbonyl (C=O) groups is 1. The molecule has 0 fully saturated rings. The third kappa shape index (κ3) is 4.34. The van der Waals surface area contributed by atoms with E-state index in [1.54, 1.807) is 6.07 Å². The first kappa shape index (κ1) is 15.1. The average molecular weight is 287 g/mol. The third-order valence-electron chi connectivity index (χ3n) is 2.94. The van der Waals surface area contributed by atoms with Crippen molar-refractivity contribution in [1.82, 2.24) is 10.3 Å². The maximum Gasteiger partial charge on any atom is 0.257 e. The molecule has 0 bridgehead atoms. The van der Waals surface area contributed by atoms with Gasteiger partial charge in [-0.3, -0.25) is 9.59 Å². The van der Waals surface area contributed by atoms with Crippen LogP contribution in [-0.4, -0.2) is 23.0 Å². The van der Waals surface area contributed by atoms with Crippen LogP contribution in [0.25, 0.3) is 10.8 Å². The molecular formula is C16H21N3O2. The Morgan fingerprint density at radius 3 is 2.67 bits per heavy atom. The lowest BCUT2D eigenvalue weighted by Crippen LogP contribution is -2.41. The number of nitrogens with one attached hydrogen (secondary N) is 3. The van der Waals surface area contributed by atoms with Crippen LogP contribution in [0.4, 0.5) is 5.82 Å². The number of rotatable bonds is 4. The molecule has 5 heteroatoms. The molecule has 0 aliphatic heterocycles. The number of fused-ring (bicyclic) bond motifs is 1. The Morgan fingerprint density at radius 2 is 1.95 bits per heavy atom. The van der Waals surface area contributed by atoms with E-state index in [2.05, 4.69) is 15.6 Å². The van der Waals surface area contributed by atoms with Crippen molar-refractivity contribution in [3.05, 3.63) is 40.7 Å². The number of H-pyrrole nitrogens is 1. The van der Waals surface area contributed by atoms with E-state index in [9.17, 15) is 9.59 Å². The molecule has 0 saturated heterocycles. The average Bonchev–Trinajstić information content (AvgIpc) is 2.36. The zero-order valence-corrected chi connectivity index (χ0v) is 12.6. The van der Waals surface area contributed by atoms with Gasteiger partial charge in [0.1, 0.15) is 5.82 Å². The Hall–Kier alpha value is -2.30. The Kier molecular flexibility index (Phi) is 4.31. The number of pyridine rings is 1. The summed E-state index contributed by atoms with van der Waals surface area (Å²) in [6, 6.07) is 9.28. The zero-order chi connectivity index (χ0) is 15.5. The molecular weight excluding hydrogens is 266 g/mol. The Labute approximate surface area is 123 Å². The van der Waals surface area contributed by atoms with Gasteiger partial charge in [-0.1, -0.05) is 18.2 Å². The monoisotopic (exact) mass is 287 g/mol. The van der Waals surface area contributed by atoms with Gasteiger partial charge in [-0.2, -0.15) is 0 Å². The lowest BCUT2D eigenvalue weighted by atomic mass is 10.1. The highest BCUT2D eigenvalue weighted by Crippen LogP contribution is 2.12. The van der Waals surface area contributed by atoms with Crippen molar-refractivity contribution in [2.75, 3.05) is 11.9 Å². The number of aromatic nitrogens is 1. The van der Waals surface area contributed by atoms with E-state index in [1.807, 2.05) is 45.0 Å². The van der Waals surface area contributed by atoms with Crippen LogP contribution in [0.5, 0.6) is 0 Å². The number of amides is 1. The highest BCUT2D eigenvalue weighted by Gasteiger charge is 2.13. The van der Waals surface area contributed by atoms with Gasteiger partial charge in [-0.15, -0.1) is 0 Å². The fourth-order valence-electron chi connectivity index (χ4n) is 2.10. The summed E-state index contributed by atoms with van der Waals surface area (Å²) >= 11 is 0. The molecule has 1 aromatic heterocycles. The van der Waals surface area contributed by atoms with Crippen LogP contribution in [0.1, 0.15) is 27.2 Å². The molecule has 1 heterocycles. The summed E-state index contributed by atoms with van der Waals surface area (Å²) in [5.41, 5.74) is -0.358. The standard InChI is InChI=1S/C16H21N3O2/c1-16(2,3)19-14(20)8-9-17-13-10-11-6-4-5-7-12(11)15(21)18-13/h4-7,10H,8-9H2,1-3H3,(H,19,20)(H2,17,18,21). The van der Waals surface area contributed by atoms with Crippen LogP contribution < -0.4 is 16.2 Å². The molecule has 1 amide bonds. The largest absolute Gasteiger partial charge is 0.371 e. The molecule has 0 saturated carbocycles. The smallest absolute Gasteiger partial charge is 0.257 e. The molecule has 5 nitrogen and oxygen atoms in total. The molecule has 1 aromatic carbocycles.